The predicted molar refractivity (Wildman–Crippen MR) is 117 cm³/mol. The van der Waals surface area contributed by atoms with Crippen LogP contribution in [0.15, 0.2) is 88.9 Å². The first-order valence-corrected chi connectivity index (χ1v) is 10.3. The molecule has 2 N–H and O–H groups in total. The Morgan fingerprint density at radius 3 is 2.19 bits per heavy atom. The molecule has 3 aromatic carbocycles. The van der Waals surface area contributed by atoms with Gasteiger partial charge < -0.3 is 10.2 Å². The van der Waals surface area contributed by atoms with Crippen molar-refractivity contribution in [3.63, 3.8) is 0 Å². The Bertz CT molecular complexity index is 1350. The minimum absolute atomic E-state index is 0.0768. The Morgan fingerprint density at radius 1 is 0.677 bits per heavy atom. The number of aromatic nitrogens is 1. The summed E-state index contributed by atoms with van der Waals surface area (Å²) >= 11 is 1.53. The van der Waals surface area contributed by atoms with E-state index in [2.05, 4.69) is 4.98 Å². The van der Waals surface area contributed by atoms with Crippen molar-refractivity contribution in [2.24, 2.45) is 0 Å². The van der Waals surface area contributed by atoms with Gasteiger partial charge in [-0.3, -0.25) is 9.59 Å². The number of pyridine rings is 1. The van der Waals surface area contributed by atoms with Crippen LogP contribution in [0, 0.1) is 0 Å². The summed E-state index contributed by atoms with van der Waals surface area (Å²) < 4.78 is 0. The lowest BCUT2D eigenvalue weighted by atomic mass is 9.82. The molecule has 4 aromatic rings. The third-order valence-electron chi connectivity index (χ3n) is 5.14. The third-order valence-corrected chi connectivity index (χ3v) is 6.10. The smallest absolute Gasteiger partial charge is 0.201 e. The van der Waals surface area contributed by atoms with Crippen LogP contribution in [0.4, 0.5) is 0 Å². The van der Waals surface area contributed by atoms with Gasteiger partial charge in [-0.25, -0.2) is 4.98 Å². The number of rotatable bonds is 3. The molecule has 0 saturated heterocycles. The summed E-state index contributed by atoms with van der Waals surface area (Å²) in [4.78, 5) is 31.4. The van der Waals surface area contributed by atoms with E-state index in [1.165, 1.54) is 36.0 Å². The summed E-state index contributed by atoms with van der Waals surface area (Å²) in [7, 11) is 0. The van der Waals surface area contributed by atoms with E-state index in [0.29, 0.717) is 11.1 Å². The first kappa shape index (κ1) is 19.1. The van der Waals surface area contributed by atoms with Gasteiger partial charge in [0.25, 0.3) is 0 Å². The molecule has 1 heterocycles. The lowest BCUT2D eigenvalue weighted by molar-refractivity contribution is 0.0974. The van der Waals surface area contributed by atoms with E-state index < -0.39 is 11.6 Å². The fourth-order valence-corrected chi connectivity index (χ4v) is 4.45. The molecule has 0 radical (unpaired) electrons. The van der Waals surface area contributed by atoms with E-state index >= 15 is 0 Å². The van der Waals surface area contributed by atoms with Crippen LogP contribution in [0.5, 0.6) is 11.5 Å². The molecule has 0 atom stereocenters. The fraction of sp³-hybridized carbons (Fsp3) is 0. The number of benzene rings is 3. The van der Waals surface area contributed by atoms with Crippen molar-refractivity contribution in [2.75, 3.05) is 0 Å². The van der Waals surface area contributed by atoms with Crippen LogP contribution in [-0.4, -0.2) is 26.8 Å². The van der Waals surface area contributed by atoms with Crippen LogP contribution >= 0.6 is 11.8 Å². The van der Waals surface area contributed by atoms with Crippen LogP contribution in [0.3, 0.4) is 0 Å². The van der Waals surface area contributed by atoms with Gasteiger partial charge in [0.05, 0.1) is 11.1 Å². The van der Waals surface area contributed by atoms with Crippen LogP contribution in [0.1, 0.15) is 31.8 Å². The van der Waals surface area contributed by atoms with Crippen LogP contribution in [0.2, 0.25) is 0 Å². The Labute approximate surface area is 182 Å². The number of ketones is 2. The summed E-state index contributed by atoms with van der Waals surface area (Å²) in [6.45, 7) is 0. The maximum Gasteiger partial charge on any atom is 0.201 e. The van der Waals surface area contributed by atoms with Crippen LogP contribution in [-0.2, 0) is 0 Å². The van der Waals surface area contributed by atoms with Crippen molar-refractivity contribution >= 4 is 23.3 Å². The number of carbonyl (C=O) groups is 2. The molecule has 0 aliphatic heterocycles. The largest absolute Gasteiger partial charge is 0.507 e. The normalized spacial score (nSPS) is 12.4. The second-order valence-electron chi connectivity index (χ2n) is 7.08. The Kier molecular flexibility index (Phi) is 4.56. The Hall–Kier alpha value is -3.90. The fourth-order valence-electron chi connectivity index (χ4n) is 3.67. The third kappa shape index (κ3) is 3.27. The molecule has 0 bridgehead atoms. The monoisotopic (exact) mass is 425 g/mol. The number of aromatic hydroxyl groups is 2. The summed E-state index contributed by atoms with van der Waals surface area (Å²) in [6.07, 6.45) is 1.67. The van der Waals surface area contributed by atoms with E-state index in [0.717, 1.165) is 9.92 Å². The zero-order valence-electron chi connectivity index (χ0n) is 16.1. The first-order valence-electron chi connectivity index (χ1n) is 9.50. The summed E-state index contributed by atoms with van der Waals surface area (Å²) in [5.41, 5.74) is 1.35. The summed E-state index contributed by atoms with van der Waals surface area (Å²) in [6, 6.07) is 21.0. The molecule has 31 heavy (non-hydrogen) atoms. The van der Waals surface area contributed by atoms with Crippen molar-refractivity contribution in [3.05, 3.63) is 101 Å². The van der Waals surface area contributed by atoms with E-state index in [9.17, 15) is 19.8 Å². The van der Waals surface area contributed by atoms with Gasteiger partial charge >= 0.3 is 0 Å². The lowest BCUT2D eigenvalue weighted by Gasteiger charge is -2.20. The predicted octanol–water partition coefficient (Wildman–Crippen LogP) is 5.09. The van der Waals surface area contributed by atoms with Crippen molar-refractivity contribution in [3.8, 4) is 22.6 Å². The van der Waals surface area contributed by atoms with Crippen molar-refractivity contribution in [1.82, 2.24) is 4.98 Å². The number of phenolic OH excluding ortho intramolecular Hbond substituents is 2. The zero-order valence-corrected chi connectivity index (χ0v) is 16.9. The molecule has 0 unspecified atom stereocenters. The lowest BCUT2D eigenvalue weighted by Crippen LogP contribution is -2.21. The van der Waals surface area contributed by atoms with E-state index in [-0.39, 0.29) is 33.8 Å². The molecule has 5 nitrogen and oxygen atoms in total. The van der Waals surface area contributed by atoms with E-state index in [1.807, 2.05) is 42.5 Å². The molecule has 0 saturated carbocycles. The number of nitrogens with zero attached hydrogens (tertiary/aromatic N) is 1. The van der Waals surface area contributed by atoms with E-state index in [1.54, 1.807) is 12.3 Å². The van der Waals surface area contributed by atoms with Crippen molar-refractivity contribution < 1.29 is 19.8 Å². The Morgan fingerprint density at radius 2 is 1.45 bits per heavy atom. The molecule has 5 rings (SSSR count). The number of carbonyl (C=O) groups excluding carboxylic acids is 2. The summed E-state index contributed by atoms with van der Waals surface area (Å²) in [5.74, 6) is -1.57. The molecule has 1 aliphatic rings. The second kappa shape index (κ2) is 7.41. The minimum atomic E-state index is -0.570. The SMILES string of the molecule is O=C1c2cccc(O)c2C(=O)c2c(O)cc(-c3ccc(Sc4ccccc4)nc3)cc21. The van der Waals surface area contributed by atoms with Gasteiger partial charge in [-0.1, -0.05) is 48.2 Å². The van der Waals surface area contributed by atoms with Gasteiger partial charge in [-0.15, -0.1) is 0 Å². The summed E-state index contributed by atoms with van der Waals surface area (Å²) in [5, 5.41) is 21.4. The highest BCUT2D eigenvalue weighted by Crippen LogP contribution is 2.39. The van der Waals surface area contributed by atoms with Crippen LogP contribution < -0.4 is 0 Å². The highest BCUT2D eigenvalue weighted by atomic mass is 32.2. The van der Waals surface area contributed by atoms with Gasteiger partial charge in [-0.2, -0.15) is 0 Å². The average Bonchev–Trinajstić information content (AvgIpc) is 2.78. The zero-order chi connectivity index (χ0) is 21.5. The van der Waals surface area contributed by atoms with Crippen molar-refractivity contribution in [1.29, 1.82) is 0 Å². The van der Waals surface area contributed by atoms with Gasteiger partial charge in [0.2, 0.25) is 5.78 Å². The molecular weight excluding hydrogens is 410 g/mol. The molecule has 150 valence electrons. The number of hydrogen-bond acceptors (Lipinski definition) is 6. The second-order valence-corrected chi connectivity index (χ2v) is 8.17. The average molecular weight is 425 g/mol. The van der Waals surface area contributed by atoms with Gasteiger partial charge in [0.15, 0.2) is 5.78 Å². The van der Waals surface area contributed by atoms with Crippen molar-refractivity contribution in [2.45, 2.75) is 9.92 Å². The van der Waals surface area contributed by atoms with E-state index in [4.69, 9.17) is 0 Å². The molecular formula is C25H15NO4S. The minimum Gasteiger partial charge on any atom is -0.507 e. The highest BCUT2D eigenvalue weighted by Gasteiger charge is 2.34. The highest BCUT2D eigenvalue weighted by molar-refractivity contribution is 7.99. The first-order chi connectivity index (χ1) is 15.0. The maximum absolute atomic E-state index is 13.0. The number of hydrogen-bond donors (Lipinski definition) is 2. The quantitative estimate of drug-likeness (QED) is 0.419. The van der Waals surface area contributed by atoms with Gasteiger partial charge in [0.1, 0.15) is 16.5 Å². The topological polar surface area (TPSA) is 87.5 Å². The standard InChI is InChI=1S/C25H15NO4S/c27-19-8-4-7-17-22(19)25(30)23-18(24(17)29)11-15(12-20(23)28)14-9-10-21(26-13-14)31-16-5-2-1-3-6-16/h1-13,27-28H. The molecule has 0 spiro atoms. The van der Waals surface area contributed by atoms with Gasteiger partial charge in [-0.05, 0) is 42.0 Å². The Balaban J connectivity index is 1.53. The number of fused-ring (bicyclic) bond motifs is 2. The molecule has 0 amide bonds. The molecule has 1 aliphatic carbocycles. The van der Waals surface area contributed by atoms with Crippen LogP contribution in [0.25, 0.3) is 11.1 Å². The molecule has 6 heteroatoms. The maximum atomic E-state index is 13.0. The molecule has 1 aromatic heterocycles. The molecule has 0 fully saturated rings. The number of phenols is 2. The van der Waals surface area contributed by atoms with Gasteiger partial charge in [0, 0.05) is 27.8 Å².